The molecule has 2 fully saturated rings. The van der Waals surface area contributed by atoms with Crippen molar-refractivity contribution in [1.82, 2.24) is 10.2 Å². The Balaban J connectivity index is 1.88. The summed E-state index contributed by atoms with van der Waals surface area (Å²) in [6, 6.07) is 5.00. The predicted octanol–water partition coefficient (Wildman–Crippen LogP) is 4.09. The van der Waals surface area contributed by atoms with Crippen molar-refractivity contribution >= 4 is 15.9 Å². The molecule has 1 saturated heterocycles. The molecule has 1 aliphatic carbocycles. The van der Waals surface area contributed by atoms with Gasteiger partial charge in [-0.15, -0.1) is 13.2 Å². The summed E-state index contributed by atoms with van der Waals surface area (Å²) < 4.78 is 42.4. The lowest BCUT2D eigenvalue weighted by atomic mass is 9.76. The van der Waals surface area contributed by atoms with Crippen molar-refractivity contribution in [3.05, 3.63) is 28.2 Å². The van der Waals surface area contributed by atoms with Crippen molar-refractivity contribution in [2.75, 3.05) is 26.2 Å². The van der Waals surface area contributed by atoms with Gasteiger partial charge in [0.15, 0.2) is 0 Å². The Morgan fingerprint density at radius 1 is 1.17 bits per heavy atom. The summed E-state index contributed by atoms with van der Waals surface area (Å²) in [5.41, 5.74) is 0.908. The number of hydrogen-bond donors (Lipinski definition) is 1. The summed E-state index contributed by atoms with van der Waals surface area (Å²) in [6.07, 6.45) is -1.20. The number of rotatable bonds is 4. The fourth-order valence-electron chi connectivity index (χ4n) is 3.44. The molecule has 0 bridgehead atoms. The van der Waals surface area contributed by atoms with Crippen LogP contribution < -0.4 is 10.1 Å². The minimum absolute atomic E-state index is 0.152. The third-order valence-corrected chi connectivity index (χ3v) is 5.07. The number of alkyl halides is 3. The topological polar surface area (TPSA) is 24.5 Å². The van der Waals surface area contributed by atoms with E-state index in [4.69, 9.17) is 0 Å². The molecule has 1 heterocycles. The molecule has 1 aromatic carbocycles. The fraction of sp³-hybridized carbons (Fsp3) is 0.625. The fourth-order valence-corrected chi connectivity index (χ4v) is 3.93. The molecule has 7 heteroatoms. The quantitative estimate of drug-likeness (QED) is 0.834. The monoisotopic (exact) mass is 392 g/mol. The van der Waals surface area contributed by atoms with Crippen molar-refractivity contribution < 1.29 is 17.9 Å². The van der Waals surface area contributed by atoms with E-state index >= 15 is 0 Å². The van der Waals surface area contributed by atoms with Gasteiger partial charge >= 0.3 is 6.36 Å². The van der Waals surface area contributed by atoms with Gasteiger partial charge in [0.25, 0.3) is 0 Å². The van der Waals surface area contributed by atoms with E-state index in [0.717, 1.165) is 44.6 Å². The van der Waals surface area contributed by atoms with E-state index in [2.05, 4.69) is 30.9 Å². The van der Waals surface area contributed by atoms with E-state index in [1.807, 2.05) is 6.07 Å². The molecule has 23 heavy (non-hydrogen) atoms. The Bertz CT molecular complexity index is 543. The zero-order valence-corrected chi connectivity index (χ0v) is 14.3. The van der Waals surface area contributed by atoms with Crippen molar-refractivity contribution in [2.24, 2.45) is 5.92 Å². The predicted molar refractivity (Wildman–Crippen MR) is 85.3 cm³/mol. The maximum atomic E-state index is 12.5. The van der Waals surface area contributed by atoms with Gasteiger partial charge in [0.1, 0.15) is 5.75 Å². The Morgan fingerprint density at radius 2 is 1.87 bits per heavy atom. The van der Waals surface area contributed by atoms with Gasteiger partial charge in [-0.3, -0.25) is 4.90 Å². The molecule has 1 saturated carbocycles. The van der Waals surface area contributed by atoms with Gasteiger partial charge in [0.05, 0.1) is 0 Å². The van der Waals surface area contributed by atoms with E-state index in [-0.39, 0.29) is 11.8 Å². The molecular weight excluding hydrogens is 373 g/mol. The van der Waals surface area contributed by atoms with Crippen LogP contribution in [0, 0.1) is 5.92 Å². The van der Waals surface area contributed by atoms with Crippen LogP contribution in [-0.4, -0.2) is 37.4 Å². The second-order valence-electron chi connectivity index (χ2n) is 6.19. The van der Waals surface area contributed by atoms with Crippen LogP contribution in [0.3, 0.4) is 0 Å². The van der Waals surface area contributed by atoms with Crippen LogP contribution in [0.5, 0.6) is 5.75 Å². The molecule has 128 valence electrons. The van der Waals surface area contributed by atoms with E-state index < -0.39 is 6.36 Å². The average Bonchev–Trinajstić information content (AvgIpc) is 2.41. The second-order valence-corrected chi connectivity index (χ2v) is 7.11. The molecule has 2 aliphatic rings. The molecule has 3 rings (SSSR count). The van der Waals surface area contributed by atoms with E-state index in [1.165, 1.54) is 12.5 Å². The summed E-state index contributed by atoms with van der Waals surface area (Å²) in [7, 11) is 0. The standard InChI is InChI=1S/C16H20BrF3N2O/c17-13-8-12(9-14(10-13)23-16(18,19)20)15(11-2-1-3-11)22-6-4-21-5-7-22/h8-11,15,21H,1-7H2/t15-/m0/s1. The summed E-state index contributed by atoms with van der Waals surface area (Å²) >= 11 is 3.32. The number of nitrogens with one attached hydrogen (secondary N) is 1. The molecule has 0 amide bonds. The molecular formula is C16H20BrF3N2O. The lowest BCUT2D eigenvalue weighted by Crippen LogP contribution is -2.47. The molecule has 1 aromatic rings. The Labute approximate surface area is 142 Å². The summed E-state index contributed by atoms with van der Waals surface area (Å²) in [5.74, 6) is 0.363. The molecule has 0 radical (unpaired) electrons. The minimum Gasteiger partial charge on any atom is -0.406 e. The lowest BCUT2D eigenvalue weighted by Gasteiger charge is -2.43. The minimum atomic E-state index is -4.67. The lowest BCUT2D eigenvalue weighted by molar-refractivity contribution is -0.274. The van der Waals surface area contributed by atoms with Crippen molar-refractivity contribution in [3.8, 4) is 5.75 Å². The van der Waals surface area contributed by atoms with Gasteiger partial charge in [-0.25, -0.2) is 0 Å². The highest BCUT2D eigenvalue weighted by Crippen LogP contribution is 2.43. The van der Waals surface area contributed by atoms with E-state index in [9.17, 15) is 13.2 Å². The Morgan fingerprint density at radius 3 is 2.43 bits per heavy atom. The van der Waals surface area contributed by atoms with Crippen LogP contribution in [0.15, 0.2) is 22.7 Å². The first-order valence-electron chi connectivity index (χ1n) is 7.93. The molecule has 1 N–H and O–H groups in total. The maximum absolute atomic E-state index is 12.5. The first kappa shape index (κ1) is 17.0. The summed E-state index contributed by atoms with van der Waals surface area (Å²) in [4.78, 5) is 2.39. The first-order chi connectivity index (χ1) is 10.9. The van der Waals surface area contributed by atoms with Gasteiger partial charge in [0.2, 0.25) is 0 Å². The van der Waals surface area contributed by atoms with Crippen LogP contribution in [0.4, 0.5) is 13.2 Å². The van der Waals surface area contributed by atoms with Crippen LogP contribution in [0.2, 0.25) is 0 Å². The second kappa shape index (κ2) is 6.99. The van der Waals surface area contributed by atoms with Crippen molar-refractivity contribution in [1.29, 1.82) is 0 Å². The van der Waals surface area contributed by atoms with Gasteiger partial charge in [-0.2, -0.15) is 0 Å². The molecule has 0 spiro atoms. The summed E-state index contributed by atoms with van der Waals surface area (Å²) in [6.45, 7) is 3.68. The SMILES string of the molecule is FC(F)(F)Oc1cc(Br)cc([C@H](C2CCC2)N2CCNCC2)c1. The smallest absolute Gasteiger partial charge is 0.406 e. The number of piperazine rings is 1. The van der Waals surface area contributed by atoms with Crippen LogP contribution in [0.25, 0.3) is 0 Å². The Kier molecular flexibility index (Phi) is 5.18. The number of hydrogen-bond acceptors (Lipinski definition) is 3. The third-order valence-electron chi connectivity index (χ3n) is 4.61. The zero-order chi connectivity index (χ0) is 16.4. The molecule has 0 aromatic heterocycles. The van der Waals surface area contributed by atoms with Crippen molar-refractivity contribution in [2.45, 2.75) is 31.7 Å². The normalized spacial score (nSPS) is 21.7. The molecule has 3 nitrogen and oxygen atoms in total. The van der Waals surface area contributed by atoms with Crippen molar-refractivity contribution in [3.63, 3.8) is 0 Å². The van der Waals surface area contributed by atoms with Gasteiger partial charge in [-0.1, -0.05) is 22.4 Å². The largest absolute Gasteiger partial charge is 0.573 e. The zero-order valence-electron chi connectivity index (χ0n) is 12.7. The van der Waals surface area contributed by atoms with Gasteiger partial charge < -0.3 is 10.1 Å². The van der Waals surface area contributed by atoms with E-state index in [0.29, 0.717) is 10.4 Å². The highest BCUT2D eigenvalue weighted by molar-refractivity contribution is 9.10. The van der Waals surface area contributed by atoms with Gasteiger partial charge in [0, 0.05) is 36.7 Å². The van der Waals surface area contributed by atoms with E-state index in [1.54, 1.807) is 6.07 Å². The molecule has 1 atom stereocenters. The Hall–Kier alpha value is -0.790. The third kappa shape index (κ3) is 4.39. The highest BCUT2D eigenvalue weighted by Gasteiger charge is 2.35. The van der Waals surface area contributed by atoms with Crippen LogP contribution >= 0.6 is 15.9 Å². The first-order valence-corrected chi connectivity index (χ1v) is 8.73. The van der Waals surface area contributed by atoms with Gasteiger partial charge in [-0.05, 0) is 42.5 Å². The summed E-state index contributed by atoms with van der Waals surface area (Å²) in [5, 5.41) is 3.33. The number of ether oxygens (including phenoxy) is 1. The van der Waals surface area contributed by atoms with Crippen LogP contribution in [-0.2, 0) is 0 Å². The average molecular weight is 393 g/mol. The highest BCUT2D eigenvalue weighted by atomic mass is 79.9. The number of halogens is 4. The number of benzene rings is 1. The number of nitrogens with zero attached hydrogens (tertiary/aromatic N) is 1. The van der Waals surface area contributed by atoms with Crippen LogP contribution in [0.1, 0.15) is 30.9 Å². The maximum Gasteiger partial charge on any atom is 0.573 e. The molecule has 1 aliphatic heterocycles. The molecule has 0 unspecified atom stereocenters.